The molecule has 4 nitrogen and oxygen atoms in total. The summed E-state index contributed by atoms with van der Waals surface area (Å²) in [6, 6.07) is 15.6. The molecule has 1 atom stereocenters. The van der Waals surface area contributed by atoms with Gasteiger partial charge in [0.25, 0.3) is 0 Å². The molecule has 1 unspecified atom stereocenters. The summed E-state index contributed by atoms with van der Waals surface area (Å²) in [5.74, 6) is -0.156. The molecule has 5 heteroatoms. The summed E-state index contributed by atoms with van der Waals surface area (Å²) in [6.45, 7) is 1.98. The van der Waals surface area contributed by atoms with E-state index < -0.39 is 0 Å². The highest BCUT2D eigenvalue weighted by Crippen LogP contribution is 2.35. The molecule has 0 aliphatic heterocycles. The second-order valence-corrected chi connectivity index (χ2v) is 7.45. The van der Waals surface area contributed by atoms with Crippen LogP contribution in [0.15, 0.2) is 54.7 Å². The number of nitrogens with one attached hydrogen (secondary N) is 2. The minimum absolute atomic E-state index is 0.156. The first-order valence-electron chi connectivity index (χ1n) is 9.63. The maximum Gasteiger partial charge on any atom is 0.123 e. The van der Waals surface area contributed by atoms with Crippen molar-refractivity contribution in [3.63, 3.8) is 0 Å². The van der Waals surface area contributed by atoms with E-state index in [1.807, 2.05) is 31.3 Å². The molecule has 1 aliphatic rings. The maximum absolute atomic E-state index is 13.6. The Balaban J connectivity index is 1.50. The van der Waals surface area contributed by atoms with E-state index in [2.05, 4.69) is 38.7 Å². The Hall–Kier alpha value is -3.21. The van der Waals surface area contributed by atoms with Crippen molar-refractivity contribution < 1.29 is 4.39 Å². The number of aryl methyl sites for hydroxylation is 2. The Kier molecular flexibility index (Phi) is 4.08. The van der Waals surface area contributed by atoms with Gasteiger partial charge < -0.3 is 5.32 Å². The van der Waals surface area contributed by atoms with E-state index in [0.717, 1.165) is 58.4 Å². The van der Waals surface area contributed by atoms with Crippen LogP contribution in [0.3, 0.4) is 0 Å². The number of aromatic nitrogens is 3. The fourth-order valence-electron chi connectivity index (χ4n) is 4.15. The van der Waals surface area contributed by atoms with E-state index >= 15 is 0 Å². The highest BCUT2D eigenvalue weighted by atomic mass is 19.1. The van der Waals surface area contributed by atoms with Crippen molar-refractivity contribution in [2.75, 3.05) is 5.32 Å². The van der Waals surface area contributed by atoms with Gasteiger partial charge in [0.1, 0.15) is 11.5 Å². The van der Waals surface area contributed by atoms with Crippen LogP contribution >= 0.6 is 0 Å². The van der Waals surface area contributed by atoms with Crippen LogP contribution in [0, 0.1) is 12.7 Å². The molecule has 2 aromatic heterocycles. The standard InChI is InChI=1S/C23H21FN4/c1-14-11-16(9-10-25-14)23-20-13-18(6-8-22(20)27-28-23)26-21-4-2-3-15-12-17(24)5-7-19(15)21/h5-13,21,26H,2-4H2,1H3,(H,27,28). The number of anilines is 1. The van der Waals surface area contributed by atoms with Crippen LogP contribution in [0.25, 0.3) is 22.2 Å². The van der Waals surface area contributed by atoms with Crippen LogP contribution in [-0.2, 0) is 6.42 Å². The Morgan fingerprint density at radius 1 is 1.11 bits per heavy atom. The van der Waals surface area contributed by atoms with Crippen molar-refractivity contribution in [1.82, 2.24) is 15.2 Å². The SMILES string of the molecule is Cc1cc(-c2n[nH]c3ccc(NC4CCCc5cc(F)ccc54)cc23)ccn1. The van der Waals surface area contributed by atoms with E-state index in [1.165, 1.54) is 5.56 Å². The fraction of sp³-hybridized carbons (Fsp3) is 0.217. The molecule has 0 saturated carbocycles. The smallest absolute Gasteiger partial charge is 0.123 e. The van der Waals surface area contributed by atoms with Crippen molar-refractivity contribution in [2.24, 2.45) is 0 Å². The zero-order chi connectivity index (χ0) is 19.1. The lowest BCUT2D eigenvalue weighted by atomic mass is 9.87. The number of rotatable bonds is 3. The number of halogens is 1. The molecule has 5 rings (SSSR count). The first-order chi connectivity index (χ1) is 13.7. The third-order valence-corrected chi connectivity index (χ3v) is 5.49. The topological polar surface area (TPSA) is 53.6 Å². The number of aromatic amines is 1. The van der Waals surface area contributed by atoms with Crippen LogP contribution < -0.4 is 5.32 Å². The zero-order valence-electron chi connectivity index (χ0n) is 15.7. The van der Waals surface area contributed by atoms with Crippen LogP contribution in [0.1, 0.15) is 35.7 Å². The van der Waals surface area contributed by atoms with Gasteiger partial charge in [0.15, 0.2) is 0 Å². The summed E-state index contributed by atoms with van der Waals surface area (Å²) in [5.41, 5.74) is 7.30. The van der Waals surface area contributed by atoms with Crippen molar-refractivity contribution in [2.45, 2.75) is 32.2 Å². The number of pyridine rings is 1. The average Bonchev–Trinajstić information content (AvgIpc) is 3.11. The first-order valence-corrected chi connectivity index (χ1v) is 9.63. The van der Waals surface area contributed by atoms with E-state index in [4.69, 9.17) is 0 Å². The molecule has 1 aliphatic carbocycles. The zero-order valence-corrected chi connectivity index (χ0v) is 15.7. The van der Waals surface area contributed by atoms with Crippen LogP contribution in [0.2, 0.25) is 0 Å². The average molecular weight is 372 g/mol. The predicted octanol–water partition coefficient (Wildman–Crippen LogP) is 5.56. The number of benzene rings is 2. The first kappa shape index (κ1) is 16.9. The molecule has 0 fully saturated rings. The molecule has 140 valence electrons. The van der Waals surface area contributed by atoms with Gasteiger partial charge in [-0.1, -0.05) is 6.07 Å². The highest BCUT2D eigenvalue weighted by molar-refractivity contribution is 5.94. The molecule has 2 heterocycles. The summed E-state index contributed by atoms with van der Waals surface area (Å²) >= 11 is 0. The predicted molar refractivity (Wildman–Crippen MR) is 110 cm³/mol. The summed E-state index contributed by atoms with van der Waals surface area (Å²) in [4.78, 5) is 4.28. The lowest BCUT2D eigenvalue weighted by Crippen LogP contribution is -2.17. The summed E-state index contributed by atoms with van der Waals surface area (Å²) in [5, 5.41) is 12.4. The molecule has 2 aromatic carbocycles. The number of nitrogens with zero attached hydrogens (tertiary/aromatic N) is 2. The molecule has 0 bridgehead atoms. The normalized spacial score (nSPS) is 16.1. The molecule has 28 heavy (non-hydrogen) atoms. The maximum atomic E-state index is 13.6. The fourth-order valence-corrected chi connectivity index (χ4v) is 4.15. The van der Waals surface area contributed by atoms with Gasteiger partial charge in [-0.05, 0) is 79.8 Å². The minimum atomic E-state index is -0.156. The summed E-state index contributed by atoms with van der Waals surface area (Å²) < 4.78 is 13.6. The second-order valence-electron chi connectivity index (χ2n) is 7.45. The van der Waals surface area contributed by atoms with Gasteiger partial charge in [-0.2, -0.15) is 5.10 Å². The van der Waals surface area contributed by atoms with E-state index in [9.17, 15) is 4.39 Å². The molecule has 0 saturated heterocycles. The number of H-pyrrole nitrogens is 1. The van der Waals surface area contributed by atoms with Gasteiger partial charge in [0, 0.05) is 28.5 Å². The third-order valence-electron chi connectivity index (χ3n) is 5.49. The van der Waals surface area contributed by atoms with Gasteiger partial charge in [-0.3, -0.25) is 10.1 Å². The van der Waals surface area contributed by atoms with E-state index in [0.29, 0.717) is 0 Å². The Labute approximate surface area is 162 Å². The van der Waals surface area contributed by atoms with Crippen molar-refractivity contribution in [3.8, 4) is 11.3 Å². The summed E-state index contributed by atoms with van der Waals surface area (Å²) in [7, 11) is 0. The number of fused-ring (bicyclic) bond motifs is 2. The monoisotopic (exact) mass is 372 g/mol. The summed E-state index contributed by atoms with van der Waals surface area (Å²) in [6.07, 6.45) is 4.85. The quantitative estimate of drug-likeness (QED) is 0.495. The van der Waals surface area contributed by atoms with E-state index in [1.54, 1.807) is 12.1 Å². The Morgan fingerprint density at radius 3 is 2.93 bits per heavy atom. The number of hydrogen-bond donors (Lipinski definition) is 2. The second kappa shape index (κ2) is 6.75. The van der Waals surface area contributed by atoms with Crippen LogP contribution in [-0.4, -0.2) is 15.2 Å². The molecule has 2 N–H and O–H groups in total. The van der Waals surface area contributed by atoms with Gasteiger partial charge in [-0.15, -0.1) is 0 Å². The van der Waals surface area contributed by atoms with Crippen molar-refractivity contribution >= 4 is 16.6 Å². The molecule has 0 radical (unpaired) electrons. The molecule has 0 amide bonds. The lowest BCUT2D eigenvalue weighted by molar-refractivity contribution is 0.582. The molecule has 0 spiro atoms. The molecule has 4 aromatic rings. The van der Waals surface area contributed by atoms with Gasteiger partial charge in [0.05, 0.1) is 11.6 Å². The minimum Gasteiger partial charge on any atom is -0.378 e. The van der Waals surface area contributed by atoms with Gasteiger partial charge in [0.2, 0.25) is 0 Å². The van der Waals surface area contributed by atoms with Crippen LogP contribution in [0.5, 0.6) is 0 Å². The Bertz CT molecular complexity index is 1160. The van der Waals surface area contributed by atoms with Crippen LogP contribution in [0.4, 0.5) is 10.1 Å². The molecular weight excluding hydrogens is 351 g/mol. The van der Waals surface area contributed by atoms with E-state index in [-0.39, 0.29) is 11.9 Å². The third kappa shape index (κ3) is 3.03. The Morgan fingerprint density at radius 2 is 2.04 bits per heavy atom. The van der Waals surface area contributed by atoms with Crippen molar-refractivity contribution in [1.29, 1.82) is 0 Å². The van der Waals surface area contributed by atoms with Gasteiger partial charge in [-0.25, -0.2) is 4.39 Å². The van der Waals surface area contributed by atoms with Gasteiger partial charge >= 0.3 is 0 Å². The molecular formula is C23H21FN4. The van der Waals surface area contributed by atoms with Crippen molar-refractivity contribution in [3.05, 3.63) is 77.4 Å². The highest BCUT2D eigenvalue weighted by Gasteiger charge is 2.21. The largest absolute Gasteiger partial charge is 0.378 e. The number of hydrogen-bond acceptors (Lipinski definition) is 3. The lowest BCUT2D eigenvalue weighted by Gasteiger charge is -2.27.